The van der Waals surface area contributed by atoms with Crippen molar-refractivity contribution in [3.63, 3.8) is 0 Å². The second-order valence-corrected chi connectivity index (χ2v) is 6.09. The molecule has 0 spiro atoms. The first-order chi connectivity index (χ1) is 9.77. The normalized spacial score (nSPS) is 9.86. The number of carboxylic acid groups (broad SMARTS) is 1. The van der Waals surface area contributed by atoms with E-state index in [2.05, 4.69) is 6.92 Å². The Morgan fingerprint density at radius 1 is 0.591 bits per heavy atom. The Morgan fingerprint density at radius 3 is 1.14 bits per heavy atom. The summed E-state index contributed by atoms with van der Waals surface area (Å²) in [5, 5.41) is 8.52. The zero-order chi connectivity index (χ0) is 14.9. The molecule has 2 nitrogen and oxygen atoms in total. The molecular formula is C18H38Na2O2. The predicted molar refractivity (Wildman–Crippen MR) is 101 cm³/mol. The summed E-state index contributed by atoms with van der Waals surface area (Å²) in [5.41, 5.74) is 0. The van der Waals surface area contributed by atoms with Gasteiger partial charge < -0.3 is 5.11 Å². The summed E-state index contributed by atoms with van der Waals surface area (Å²) < 4.78 is 0. The molecule has 4 heteroatoms. The van der Waals surface area contributed by atoms with Gasteiger partial charge in [-0.1, -0.05) is 96.8 Å². The van der Waals surface area contributed by atoms with Crippen molar-refractivity contribution in [2.24, 2.45) is 0 Å². The van der Waals surface area contributed by atoms with Gasteiger partial charge in [-0.15, -0.1) is 0 Å². The summed E-state index contributed by atoms with van der Waals surface area (Å²) in [6.07, 6.45) is 20.2. The van der Waals surface area contributed by atoms with E-state index in [4.69, 9.17) is 5.11 Å². The van der Waals surface area contributed by atoms with Crippen molar-refractivity contribution < 1.29 is 9.90 Å². The summed E-state index contributed by atoms with van der Waals surface area (Å²) in [7, 11) is 0. The van der Waals surface area contributed by atoms with Crippen LogP contribution >= 0.6 is 0 Å². The molecule has 0 saturated carbocycles. The Kier molecular flexibility index (Phi) is 31.8. The van der Waals surface area contributed by atoms with Crippen LogP contribution in [0.25, 0.3) is 0 Å². The Hall–Kier alpha value is 1.47. The average molecular weight is 332 g/mol. The van der Waals surface area contributed by atoms with Crippen LogP contribution in [-0.4, -0.2) is 70.2 Å². The Bertz CT molecular complexity index is 211. The Morgan fingerprint density at radius 2 is 0.864 bits per heavy atom. The van der Waals surface area contributed by atoms with Gasteiger partial charge in [0.15, 0.2) is 0 Å². The number of hydrogen-bond donors (Lipinski definition) is 1. The minimum absolute atomic E-state index is 0. The van der Waals surface area contributed by atoms with Crippen LogP contribution in [-0.2, 0) is 4.79 Å². The van der Waals surface area contributed by atoms with Crippen molar-refractivity contribution in [3.05, 3.63) is 0 Å². The van der Waals surface area contributed by atoms with E-state index in [0.29, 0.717) is 6.42 Å². The van der Waals surface area contributed by atoms with E-state index in [9.17, 15) is 4.79 Å². The predicted octanol–water partition coefficient (Wildman–Crippen LogP) is 5.04. The summed E-state index contributed by atoms with van der Waals surface area (Å²) in [6.45, 7) is 2.27. The van der Waals surface area contributed by atoms with Crippen LogP contribution in [0.1, 0.15) is 110 Å². The van der Waals surface area contributed by atoms with Crippen LogP contribution in [0.5, 0.6) is 0 Å². The van der Waals surface area contributed by atoms with Crippen molar-refractivity contribution >= 4 is 65.1 Å². The van der Waals surface area contributed by atoms with Crippen LogP contribution in [0.15, 0.2) is 0 Å². The summed E-state index contributed by atoms with van der Waals surface area (Å²) in [5.74, 6) is -0.653. The third-order valence-corrected chi connectivity index (χ3v) is 3.99. The van der Waals surface area contributed by atoms with Gasteiger partial charge in [-0.3, -0.25) is 4.79 Å². The minimum atomic E-state index is -0.653. The molecule has 0 aliphatic carbocycles. The molecule has 1 N–H and O–H groups in total. The van der Waals surface area contributed by atoms with Crippen LogP contribution in [0.3, 0.4) is 0 Å². The molecule has 124 valence electrons. The average Bonchev–Trinajstić information content (AvgIpc) is 2.43. The molecule has 0 aliphatic rings. The molecule has 0 aromatic heterocycles. The molecule has 22 heavy (non-hydrogen) atoms. The van der Waals surface area contributed by atoms with Gasteiger partial charge >= 0.3 is 65.1 Å². The van der Waals surface area contributed by atoms with Gasteiger partial charge in [0, 0.05) is 6.42 Å². The number of unbranched alkanes of at least 4 members (excludes halogenated alkanes) is 14. The molecule has 0 radical (unpaired) electrons. The van der Waals surface area contributed by atoms with Crippen LogP contribution in [0, 0.1) is 0 Å². The topological polar surface area (TPSA) is 37.3 Å². The number of carboxylic acids is 1. The quantitative estimate of drug-likeness (QED) is 0.318. The maximum absolute atomic E-state index is 10.3. The van der Waals surface area contributed by atoms with Crippen LogP contribution in [0.4, 0.5) is 0 Å². The first-order valence-electron chi connectivity index (χ1n) is 8.99. The van der Waals surface area contributed by atoms with Crippen molar-refractivity contribution in [1.29, 1.82) is 0 Å². The Balaban J connectivity index is -0.00000180. The first-order valence-corrected chi connectivity index (χ1v) is 8.99. The Labute approximate surface area is 183 Å². The van der Waals surface area contributed by atoms with Gasteiger partial charge in [0.25, 0.3) is 0 Å². The zero-order valence-corrected chi connectivity index (χ0v) is 13.7. The van der Waals surface area contributed by atoms with E-state index in [0.717, 1.165) is 12.8 Å². The van der Waals surface area contributed by atoms with Gasteiger partial charge in [0.1, 0.15) is 0 Å². The monoisotopic (exact) mass is 332 g/mol. The molecule has 0 aromatic rings. The third kappa shape index (κ3) is 26.4. The third-order valence-electron chi connectivity index (χ3n) is 3.99. The van der Waals surface area contributed by atoms with E-state index >= 15 is 0 Å². The van der Waals surface area contributed by atoms with E-state index in [-0.39, 0.29) is 59.1 Å². The molecule has 0 atom stereocenters. The van der Waals surface area contributed by atoms with Crippen molar-refractivity contribution in [3.8, 4) is 0 Å². The molecule has 0 bridgehead atoms. The number of aliphatic carboxylic acids is 1. The second-order valence-electron chi connectivity index (χ2n) is 6.09. The summed E-state index contributed by atoms with van der Waals surface area (Å²) in [6, 6.07) is 0. The standard InChI is InChI=1S/C18H36O2.2Na.2H/c1-2-3-4-5-6-7-8-9-10-11-12-13-14-15-16-17-18(19)20;;;;/h2-17H2,1H3,(H,19,20);;;;. The molecule has 0 unspecified atom stereocenters. The molecule has 0 heterocycles. The van der Waals surface area contributed by atoms with Gasteiger partial charge in [-0.2, -0.15) is 0 Å². The molecule has 0 amide bonds. The first kappa shape index (κ1) is 28.3. The van der Waals surface area contributed by atoms with Gasteiger partial charge in [-0.05, 0) is 6.42 Å². The SMILES string of the molecule is CCCCCCCCCCCCCCCCCC(=O)O.[NaH].[NaH]. The van der Waals surface area contributed by atoms with Crippen molar-refractivity contribution in [2.45, 2.75) is 110 Å². The van der Waals surface area contributed by atoms with Gasteiger partial charge in [-0.25, -0.2) is 0 Å². The summed E-state index contributed by atoms with van der Waals surface area (Å²) >= 11 is 0. The number of carbonyl (C=O) groups is 1. The molecule has 0 rings (SSSR count). The van der Waals surface area contributed by atoms with E-state index in [1.807, 2.05) is 0 Å². The molecule has 0 aromatic carbocycles. The van der Waals surface area contributed by atoms with Gasteiger partial charge in [0.05, 0.1) is 0 Å². The van der Waals surface area contributed by atoms with E-state index < -0.39 is 5.97 Å². The number of rotatable bonds is 16. The van der Waals surface area contributed by atoms with E-state index in [1.54, 1.807) is 0 Å². The van der Waals surface area contributed by atoms with Crippen LogP contribution < -0.4 is 0 Å². The zero-order valence-electron chi connectivity index (χ0n) is 13.7. The fourth-order valence-electron chi connectivity index (χ4n) is 2.65. The van der Waals surface area contributed by atoms with Gasteiger partial charge in [0.2, 0.25) is 0 Å². The molecule has 0 aliphatic heterocycles. The maximum atomic E-state index is 10.3. The van der Waals surface area contributed by atoms with Crippen molar-refractivity contribution in [2.75, 3.05) is 0 Å². The molecular weight excluding hydrogens is 294 g/mol. The molecule has 0 fully saturated rings. The molecule has 0 saturated heterocycles. The second kappa shape index (κ2) is 24.7. The van der Waals surface area contributed by atoms with Crippen molar-refractivity contribution in [1.82, 2.24) is 0 Å². The fourth-order valence-corrected chi connectivity index (χ4v) is 2.65. The fraction of sp³-hybridized carbons (Fsp3) is 0.944. The number of hydrogen-bond acceptors (Lipinski definition) is 1. The summed E-state index contributed by atoms with van der Waals surface area (Å²) in [4.78, 5) is 10.3. The van der Waals surface area contributed by atoms with Crippen LogP contribution in [0.2, 0.25) is 0 Å². The van der Waals surface area contributed by atoms with E-state index in [1.165, 1.54) is 83.5 Å².